The van der Waals surface area contributed by atoms with Crippen LogP contribution in [0.15, 0.2) is 48.5 Å². The topological polar surface area (TPSA) is 70.7 Å². The van der Waals surface area contributed by atoms with Gasteiger partial charge in [0.05, 0.1) is 25.2 Å². The third kappa shape index (κ3) is 4.70. The highest BCUT2D eigenvalue weighted by Gasteiger charge is 2.23. The number of hydrogen-bond acceptors (Lipinski definition) is 4. The van der Waals surface area contributed by atoms with Gasteiger partial charge < -0.3 is 20.3 Å². The van der Waals surface area contributed by atoms with Gasteiger partial charge in [-0.2, -0.15) is 0 Å². The lowest BCUT2D eigenvalue weighted by Crippen LogP contribution is -2.37. The monoisotopic (exact) mass is 379 g/mol. The maximum Gasteiger partial charge on any atom is 0.257 e. The number of carbonyl (C=O) groups is 2. The third-order valence-electron chi connectivity index (χ3n) is 5.02. The number of carbonyl (C=O) groups excluding carboxylic acids is 2. The second kappa shape index (κ2) is 8.44. The van der Waals surface area contributed by atoms with E-state index in [0.717, 1.165) is 37.2 Å². The molecule has 1 saturated carbocycles. The van der Waals surface area contributed by atoms with Crippen LogP contribution in [0.2, 0.25) is 0 Å². The molecule has 0 unspecified atom stereocenters. The number of hydrogen-bond donors (Lipinski definition) is 2. The number of nitrogens with one attached hydrogen (secondary N) is 2. The van der Waals surface area contributed by atoms with Crippen LogP contribution in [-0.2, 0) is 16.0 Å². The summed E-state index contributed by atoms with van der Waals surface area (Å²) in [6, 6.07) is 15.5. The lowest BCUT2D eigenvalue weighted by atomic mass is 10.1. The van der Waals surface area contributed by atoms with E-state index >= 15 is 0 Å². The van der Waals surface area contributed by atoms with E-state index in [2.05, 4.69) is 15.5 Å². The van der Waals surface area contributed by atoms with Crippen LogP contribution >= 0.6 is 0 Å². The number of ether oxygens (including phenoxy) is 1. The van der Waals surface area contributed by atoms with Crippen LogP contribution in [0.5, 0.6) is 0 Å². The molecule has 0 atom stereocenters. The van der Waals surface area contributed by atoms with E-state index in [0.29, 0.717) is 36.9 Å². The van der Waals surface area contributed by atoms with Crippen molar-refractivity contribution in [3.63, 3.8) is 0 Å². The molecule has 2 aromatic rings. The Hall–Kier alpha value is -2.86. The van der Waals surface area contributed by atoms with Crippen molar-refractivity contribution in [3.8, 4) is 0 Å². The van der Waals surface area contributed by atoms with Crippen LogP contribution in [0.3, 0.4) is 0 Å². The summed E-state index contributed by atoms with van der Waals surface area (Å²) >= 11 is 0. The van der Waals surface area contributed by atoms with E-state index in [9.17, 15) is 9.59 Å². The zero-order valence-corrected chi connectivity index (χ0v) is 15.8. The standard InChI is InChI=1S/C22H25N3O3/c26-21(23-17-9-10-17)15-16-5-7-18(8-6-16)24-22(27)19-3-1-2-4-20(19)25-11-13-28-14-12-25/h1-8,17H,9-15H2,(H,23,26)(H,24,27). The van der Waals surface area contributed by atoms with E-state index < -0.39 is 0 Å². The predicted molar refractivity (Wildman–Crippen MR) is 109 cm³/mol. The molecule has 2 aliphatic rings. The number of anilines is 2. The van der Waals surface area contributed by atoms with Gasteiger partial charge >= 0.3 is 0 Å². The minimum absolute atomic E-state index is 0.0544. The van der Waals surface area contributed by atoms with Crippen molar-refractivity contribution in [2.24, 2.45) is 0 Å². The van der Waals surface area contributed by atoms with Gasteiger partial charge in [0, 0.05) is 30.5 Å². The quantitative estimate of drug-likeness (QED) is 0.809. The van der Waals surface area contributed by atoms with Crippen LogP contribution in [0.25, 0.3) is 0 Å². The SMILES string of the molecule is O=C(Cc1ccc(NC(=O)c2ccccc2N2CCOCC2)cc1)NC1CC1. The first kappa shape index (κ1) is 18.5. The first-order valence-electron chi connectivity index (χ1n) is 9.80. The fourth-order valence-corrected chi connectivity index (χ4v) is 3.34. The highest BCUT2D eigenvalue weighted by Crippen LogP contribution is 2.23. The Morgan fingerprint density at radius 1 is 1.00 bits per heavy atom. The van der Waals surface area contributed by atoms with Gasteiger partial charge in [-0.1, -0.05) is 24.3 Å². The molecular weight excluding hydrogens is 354 g/mol. The Labute approximate surface area is 164 Å². The third-order valence-corrected chi connectivity index (χ3v) is 5.02. The maximum atomic E-state index is 12.8. The van der Waals surface area contributed by atoms with Gasteiger partial charge in [-0.3, -0.25) is 9.59 Å². The van der Waals surface area contributed by atoms with Crippen molar-refractivity contribution in [2.75, 3.05) is 36.5 Å². The maximum absolute atomic E-state index is 12.8. The van der Waals surface area contributed by atoms with Crippen molar-refractivity contribution < 1.29 is 14.3 Å². The van der Waals surface area contributed by atoms with E-state index in [1.807, 2.05) is 48.5 Å². The molecule has 6 nitrogen and oxygen atoms in total. The van der Waals surface area contributed by atoms with E-state index in [1.54, 1.807) is 0 Å². The molecule has 2 amide bonds. The summed E-state index contributed by atoms with van der Waals surface area (Å²) < 4.78 is 5.41. The Kier molecular flexibility index (Phi) is 5.58. The highest BCUT2D eigenvalue weighted by molar-refractivity contribution is 6.08. The molecule has 2 aromatic carbocycles. The minimum Gasteiger partial charge on any atom is -0.378 e. The average molecular weight is 379 g/mol. The normalized spacial score (nSPS) is 16.5. The molecular formula is C22H25N3O3. The summed E-state index contributed by atoms with van der Waals surface area (Å²) in [4.78, 5) is 26.9. The fourth-order valence-electron chi connectivity index (χ4n) is 3.34. The first-order valence-corrected chi connectivity index (χ1v) is 9.80. The van der Waals surface area contributed by atoms with Gasteiger partial charge in [0.25, 0.3) is 5.91 Å². The molecule has 146 valence electrons. The number of nitrogens with zero attached hydrogens (tertiary/aromatic N) is 1. The van der Waals surface area contributed by atoms with Gasteiger partial charge in [0.1, 0.15) is 0 Å². The lowest BCUT2D eigenvalue weighted by molar-refractivity contribution is -0.120. The molecule has 2 fully saturated rings. The number of rotatable bonds is 6. The number of amides is 2. The van der Waals surface area contributed by atoms with Crippen molar-refractivity contribution in [3.05, 3.63) is 59.7 Å². The molecule has 6 heteroatoms. The Balaban J connectivity index is 1.40. The zero-order chi connectivity index (χ0) is 19.3. The number of morpholine rings is 1. The Morgan fingerprint density at radius 3 is 2.43 bits per heavy atom. The molecule has 4 rings (SSSR count). The molecule has 1 aliphatic heterocycles. The van der Waals surface area contributed by atoms with E-state index in [4.69, 9.17) is 4.74 Å². The van der Waals surface area contributed by atoms with Crippen LogP contribution in [0.4, 0.5) is 11.4 Å². The predicted octanol–water partition coefficient (Wildman–Crippen LogP) is 2.60. The van der Waals surface area contributed by atoms with Crippen molar-refractivity contribution >= 4 is 23.2 Å². The smallest absolute Gasteiger partial charge is 0.257 e. The Bertz CT molecular complexity index is 840. The molecule has 0 radical (unpaired) electrons. The average Bonchev–Trinajstić information content (AvgIpc) is 3.54. The second-order valence-electron chi connectivity index (χ2n) is 7.29. The summed E-state index contributed by atoms with van der Waals surface area (Å²) in [6.07, 6.45) is 2.54. The summed E-state index contributed by atoms with van der Waals surface area (Å²) in [5.41, 5.74) is 3.23. The zero-order valence-electron chi connectivity index (χ0n) is 15.8. The van der Waals surface area contributed by atoms with Crippen molar-refractivity contribution in [1.82, 2.24) is 5.32 Å². The molecule has 0 spiro atoms. The summed E-state index contributed by atoms with van der Waals surface area (Å²) in [6.45, 7) is 2.90. The second-order valence-corrected chi connectivity index (χ2v) is 7.29. The van der Waals surface area contributed by atoms with Gasteiger partial charge in [-0.25, -0.2) is 0 Å². The van der Waals surface area contributed by atoms with Gasteiger partial charge in [-0.15, -0.1) is 0 Å². The fraction of sp³-hybridized carbons (Fsp3) is 0.364. The summed E-state index contributed by atoms with van der Waals surface area (Å²) in [5.74, 6) is -0.0833. The van der Waals surface area contributed by atoms with Gasteiger partial charge in [0.2, 0.25) is 5.91 Å². The van der Waals surface area contributed by atoms with Crippen LogP contribution in [0, 0.1) is 0 Å². The van der Waals surface area contributed by atoms with E-state index in [1.165, 1.54) is 0 Å². The molecule has 1 aliphatic carbocycles. The largest absolute Gasteiger partial charge is 0.378 e. The van der Waals surface area contributed by atoms with Gasteiger partial charge in [0.15, 0.2) is 0 Å². The summed E-state index contributed by atoms with van der Waals surface area (Å²) in [5, 5.41) is 5.95. The number of para-hydroxylation sites is 1. The Morgan fingerprint density at radius 2 is 1.71 bits per heavy atom. The van der Waals surface area contributed by atoms with Crippen LogP contribution in [0.1, 0.15) is 28.8 Å². The van der Waals surface area contributed by atoms with Crippen LogP contribution < -0.4 is 15.5 Å². The molecule has 1 heterocycles. The first-order chi connectivity index (χ1) is 13.7. The number of benzene rings is 2. The molecule has 28 heavy (non-hydrogen) atoms. The molecule has 0 aromatic heterocycles. The minimum atomic E-state index is -0.138. The van der Waals surface area contributed by atoms with Crippen molar-refractivity contribution in [2.45, 2.75) is 25.3 Å². The van der Waals surface area contributed by atoms with Crippen molar-refractivity contribution in [1.29, 1.82) is 0 Å². The van der Waals surface area contributed by atoms with Gasteiger partial charge in [-0.05, 0) is 42.7 Å². The van der Waals surface area contributed by atoms with Crippen LogP contribution in [-0.4, -0.2) is 44.2 Å². The molecule has 2 N–H and O–H groups in total. The lowest BCUT2D eigenvalue weighted by Gasteiger charge is -2.30. The van der Waals surface area contributed by atoms with E-state index in [-0.39, 0.29) is 11.8 Å². The highest BCUT2D eigenvalue weighted by atomic mass is 16.5. The summed E-state index contributed by atoms with van der Waals surface area (Å²) in [7, 11) is 0. The molecule has 0 bridgehead atoms. The molecule has 1 saturated heterocycles.